The zero-order valence-corrected chi connectivity index (χ0v) is 20.7. The minimum Gasteiger partial charge on any atom is -0.371 e. The van der Waals surface area contributed by atoms with E-state index in [9.17, 15) is 8.42 Å². The normalized spacial score (nSPS) is 22.5. The number of fused-ring (bicyclic) bond motifs is 1. The second-order valence-electron chi connectivity index (χ2n) is 9.46. The average Bonchev–Trinajstić information content (AvgIpc) is 3.47. The maximum Gasteiger partial charge on any atom is 0.158 e. The molecule has 5 rings (SSSR count). The Balaban J connectivity index is 1.20. The predicted molar refractivity (Wildman–Crippen MR) is 133 cm³/mol. The molecule has 7 nitrogen and oxygen atoms in total. The summed E-state index contributed by atoms with van der Waals surface area (Å²) in [5.41, 5.74) is 5.29. The Labute approximate surface area is 200 Å². The Hall–Kier alpha value is -2.16. The summed E-state index contributed by atoms with van der Waals surface area (Å²) in [6.45, 7) is 7.88. The Bertz CT molecular complexity index is 1290. The van der Waals surface area contributed by atoms with E-state index in [-0.39, 0.29) is 17.5 Å². The third kappa shape index (κ3) is 4.74. The number of hydrogen-bond donors (Lipinski definition) is 1. The van der Waals surface area contributed by atoms with Crippen LogP contribution in [-0.4, -0.2) is 54.3 Å². The molecule has 1 aromatic carbocycles. The van der Waals surface area contributed by atoms with Crippen LogP contribution in [0.2, 0.25) is 5.02 Å². The fourth-order valence-corrected chi connectivity index (χ4v) is 6.95. The van der Waals surface area contributed by atoms with E-state index < -0.39 is 9.84 Å². The molecule has 1 N–H and O–H groups in total. The Morgan fingerprint density at radius 2 is 2.06 bits per heavy atom. The van der Waals surface area contributed by atoms with Crippen LogP contribution >= 0.6 is 11.6 Å². The van der Waals surface area contributed by atoms with Crippen molar-refractivity contribution in [3.8, 4) is 0 Å². The van der Waals surface area contributed by atoms with Crippen molar-refractivity contribution in [2.75, 3.05) is 36.0 Å². The smallest absolute Gasteiger partial charge is 0.158 e. The molecular formula is C24H30ClN5O2S. The largest absolute Gasteiger partial charge is 0.371 e. The number of sulfone groups is 1. The second kappa shape index (κ2) is 8.89. The van der Waals surface area contributed by atoms with E-state index >= 15 is 0 Å². The topological polar surface area (TPSA) is 80.1 Å². The van der Waals surface area contributed by atoms with Crippen molar-refractivity contribution >= 4 is 38.2 Å². The number of nitrogens with one attached hydrogen (secondary N) is 1. The molecule has 0 bridgehead atoms. The van der Waals surface area contributed by atoms with Crippen LogP contribution in [0, 0.1) is 19.8 Å². The molecule has 0 saturated carbocycles. The van der Waals surface area contributed by atoms with Crippen LogP contribution in [0.1, 0.15) is 35.7 Å². The van der Waals surface area contributed by atoms with Crippen molar-refractivity contribution in [2.45, 2.75) is 39.3 Å². The first-order chi connectivity index (χ1) is 15.8. The summed E-state index contributed by atoms with van der Waals surface area (Å²) >= 11 is 6.21. The Kier molecular flexibility index (Phi) is 6.09. The summed E-state index contributed by atoms with van der Waals surface area (Å²) in [7, 11) is -2.97. The quantitative estimate of drug-likeness (QED) is 0.571. The lowest BCUT2D eigenvalue weighted by atomic mass is 10.1. The molecule has 2 aromatic heterocycles. The van der Waals surface area contributed by atoms with Gasteiger partial charge in [0.25, 0.3) is 0 Å². The molecule has 0 amide bonds. The van der Waals surface area contributed by atoms with E-state index in [0.29, 0.717) is 12.3 Å². The molecule has 0 radical (unpaired) electrons. The molecule has 9 heteroatoms. The highest BCUT2D eigenvalue weighted by Gasteiger charge is 2.31. The van der Waals surface area contributed by atoms with Gasteiger partial charge in [-0.15, -0.1) is 0 Å². The van der Waals surface area contributed by atoms with E-state index in [2.05, 4.69) is 45.4 Å². The van der Waals surface area contributed by atoms with Gasteiger partial charge in [0.05, 0.1) is 23.2 Å². The van der Waals surface area contributed by atoms with E-state index in [1.54, 1.807) is 0 Å². The molecule has 0 spiro atoms. The standard InChI is InChI=1S/C24H30ClN5O2S/c1-16-3-4-20(25)10-23(16)29-7-5-18(14-29)11-26-12-19-9-22-17(2)28-30(24(22)27-13-19)21-6-8-33(31,32)15-21/h3-4,9-10,13,18,21,26H,5-8,11-12,14-15H2,1-2H3. The van der Waals surface area contributed by atoms with Crippen molar-refractivity contribution in [1.29, 1.82) is 0 Å². The van der Waals surface area contributed by atoms with Gasteiger partial charge >= 0.3 is 0 Å². The van der Waals surface area contributed by atoms with Gasteiger partial charge in [0, 0.05) is 48.5 Å². The van der Waals surface area contributed by atoms with Crippen LogP contribution in [0.5, 0.6) is 0 Å². The summed E-state index contributed by atoms with van der Waals surface area (Å²) in [6, 6.07) is 8.12. The first kappa shape index (κ1) is 22.6. The molecule has 2 atom stereocenters. The lowest BCUT2D eigenvalue weighted by molar-refractivity contribution is 0.508. The van der Waals surface area contributed by atoms with Gasteiger partial charge in [0.1, 0.15) is 0 Å². The zero-order chi connectivity index (χ0) is 23.2. The molecule has 2 unspecified atom stereocenters. The van der Waals surface area contributed by atoms with Crippen LogP contribution in [0.3, 0.4) is 0 Å². The van der Waals surface area contributed by atoms with Crippen molar-refractivity contribution in [3.63, 3.8) is 0 Å². The first-order valence-electron chi connectivity index (χ1n) is 11.5. The number of rotatable bonds is 6. The number of aromatic nitrogens is 3. The molecule has 0 aliphatic carbocycles. The Morgan fingerprint density at radius 3 is 2.85 bits per heavy atom. The van der Waals surface area contributed by atoms with Crippen molar-refractivity contribution in [2.24, 2.45) is 5.92 Å². The fraction of sp³-hybridized carbons (Fsp3) is 0.500. The van der Waals surface area contributed by atoms with Gasteiger partial charge in [0.2, 0.25) is 0 Å². The van der Waals surface area contributed by atoms with Crippen LogP contribution in [0.15, 0.2) is 30.5 Å². The fourth-order valence-electron chi connectivity index (χ4n) is 5.09. The first-order valence-corrected chi connectivity index (χ1v) is 13.7. The van der Waals surface area contributed by atoms with E-state index in [1.165, 1.54) is 11.3 Å². The van der Waals surface area contributed by atoms with Gasteiger partial charge in [-0.3, -0.25) is 0 Å². The minimum absolute atomic E-state index is 0.115. The number of benzene rings is 1. The summed E-state index contributed by atoms with van der Waals surface area (Å²) in [5.74, 6) is 0.977. The average molecular weight is 488 g/mol. The van der Waals surface area contributed by atoms with Crippen LogP contribution in [-0.2, 0) is 16.4 Å². The number of halogens is 1. The highest BCUT2D eigenvalue weighted by Crippen LogP contribution is 2.30. The molecule has 3 aromatic rings. The highest BCUT2D eigenvalue weighted by molar-refractivity contribution is 7.91. The van der Waals surface area contributed by atoms with Crippen LogP contribution < -0.4 is 10.2 Å². The summed E-state index contributed by atoms with van der Waals surface area (Å²) in [6.07, 6.45) is 3.65. The molecule has 33 heavy (non-hydrogen) atoms. The molecular weight excluding hydrogens is 458 g/mol. The SMILES string of the molecule is Cc1ccc(Cl)cc1N1CCC(CNCc2cnc3c(c2)c(C)nn3C2CCS(=O)(=O)C2)C1. The molecule has 2 saturated heterocycles. The van der Waals surface area contributed by atoms with Crippen molar-refractivity contribution < 1.29 is 8.42 Å². The maximum absolute atomic E-state index is 11.9. The molecule has 2 aliphatic rings. The van der Waals surface area contributed by atoms with E-state index in [0.717, 1.165) is 59.9 Å². The number of aryl methyl sites for hydroxylation is 2. The second-order valence-corrected chi connectivity index (χ2v) is 12.1. The van der Waals surface area contributed by atoms with Gasteiger partial charge in [0.15, 0.2) is 15.5 Å². The summed E-state index contributed by atoms with van der Waals surface area (Å²) in [5, 5.41) is 10.0. The molecule has 176 valence electrons. The third-order valence-corrected chi connectivity index (χ3v) is 8.89. The van der Waals surface area contributed by atoms with Gasteiger partial charge in [-0.25, -0.2) is 18.1 Å². The minimum atomic E-state index is -2.97. The van der Waals surface area contributed by atoms with Gasteiger partial charge < -0.3 is 10.2 Å². The lowest BCUT2D eigenvalue weighted by Gasteiger charge is -2.21. The number of anilines is 1. The maximum atomic E-state index is 11.9. The lowest BCUT2D eigenvalue weighted by Crippen LogP contribution is -2.26. The van der Waals surface area contributed by atoms with Crippen molar-refractivity contribution in [3.05, 3.63) is 52.3 Å². The van der Waals surface area contributed by atoms with Gasteiger partial charge in [-0.2, -0.15) is 5.10 Å². The highest BCUT2D eigenvalue weighted by atomic mass is 35.5. The van der Waals surface area contributed by atoms with Crippen LogP contribution in [0.25, 0.3) is 11.0 Å². The van der Waals surface area contributed by atoms with Gasteiger partial charge in [-0.05, 0) is 61.9 Å². The summed E-state index contributed by atoms with van der Waals surface area (Å²) < 4.78 is 25.6. The number of hydrogen-bond acceptors (Lipinski definition) is 6. The molecule has 2 fully saturated rings. The summed E-state index contributed by atoms with van der Waals surface area (Å²) in [4.78, 5) is 7.09. The van der Waals surface area contributed by atoms with Crippen molar-refractivity contribution in [1.82, 2.24) is 20.1 Å². The van der Waals surface area contributed by atoms with E-state index in [4.69, 9.17) is 11.6 Å². The van der Waals surface area contributed by atoms with E-state index in [1.807, 2.05) is 23.9 Å². The predicted octanol–water partition coefficient (Wildman–Crippen LogP) is 3.68. The third-order valence-electron chi connectivity index (χ3n) is 6.90. The molecule has 4 heterocycles. The monoisotopic (exact) mass is 487 g/mol. The number of nitrogens with zero attached hydrogens (tertiary/aromatic N) is 4. The van der Waals surface area contributed by atoms with Crippen LogP contribution in [0.4, 0.5) is 5.69 Å². The van der Waals surface area contributed by atoms with Gasteiger partial charge in [-0.1, -0.05) is 17.7 Å². The molecule has 2 aliphatic heterocycles. The Morgan fingerprint density at radius 1 is 1.21 bits per heavy atom. The zero-order valence-electron chi connectivity index (χ0n) is 19.1. The number of pyridine rings is 1.